The Hall–Kier alpha value is -2.54. The summed E-state index contributed by atoms with van der Waals surface area (Å²) >= 11 is 0. The number of rotatable bonds is 4. The van der Waals surface area contributed by atoms with E-state index >= 15 is 0 Å². The highest BCUT2D eigenvalue weighted by atomic mass is 16.7. The zero-order valence-electron chi connectivity index (χ0n) is 13.0. The molecule has 7 heteroatoms. The van der Waals surface area contributed by atoms with Crippen molar-refractivity contribution in [1.29, 1.82) is 0 Å². The van der Waals surface area contributed by atoms with Crippen molar-refractivity contribution < 1.29 is 28.9 Å². The van der Waals surface area contributed by atoms with Crippen LogP contribution in [0.15, 0.2) is 30.4 Å². The molecular weight excluding hydrogens is 314 g/mol. The molecule has 5 atom stereocenters. The Morgan fingerprint density at radius 3 is 2.62 bits per heavy atom. The molecule has 3 aliphatic heterocycles. The molecule has 1 aromatic rings. The first-order valence-electron chi connectivity index (χ1n) is 7.81. The summed E-state index contributed by atoms with van der Waals surface area (Å²) in [5.74, 6) is -1.57. The largest absolute Gasteiger partial charge is 0.481 e. The monoisotopic (exact) mass is 331 g/mol. The standard InChI is InChI=1S/C17H17NO6/c1-8(9-2-3-10-13(6-9)23-7-22-10)18-16(19)14-11-4-5-12(24-11)15(14)17(20)21/h2-6,8,11-12,14-15H,7H2,1H3,(H,18,19)(H,20,21)/t8-,11+,12-,14+,15+/m1/s1. The Morgan fingerprint density at radius 1 is 1.17 bits per heavy atom. The quantitative estimate of drug-likeness (QED) is 0.807. The van der Waals surface area contributed by atoms with E-state index in [-0.39, 0.29) is 18.7 Å². The Morgan fingerprint density at radius 2 is 1.88 bits per heavy atom. The molecule has 0 radical (unpaired) electrons. The van der Waals surface area contributed by atoms with E-state index < -0.39 is 30.0 Å². The molecule has 0 saturated carbocycles. The van der Waals surface area contributed by atoms with Crippen LogP contribution in [-0.4, -0.2) is 36.0 Å². The molecule has 2 bridgehead atoms. The molecule has 2 N–H and O–H groups in total. The van der Waals surface area contributed by atoms with Gasteiger partial charge in [0, 0.05) is 0 Å². The minimum absolute atomic E-state index is 0.189. The van der Waals surface area contributed by atoms with Gasteiger partial charge in [0.25, 0.3) is 0 Å². The summed E-state index contributed by atoms with van der Waals surface area (Å²) in [7, 11) is 0. The number of benzene rings is 1. The zero-order valence-corrected chi connectivity index (χ0v) is 13.0. The van der Waals surface area contributed by atoms with Gasteiger partial charge in [-0.3, -0.25) is 9.59 Å². The maximum Gasteiger partial charge on any atom is 0.310 e. The second-order valence-corrected chi connectivity index (χ2v) is 6.18. The van der Waals surface area contributed by atoms with Crippen LogP contribution in [0.5, 0.6) is 11.5 Å². The lowest BCUT2D eigenvalue weighted by Gasteiger charge is -2.23. The highest BCUT2D eigenvalue weighted by Crippen LogP contribution is 2.40. The number of amides is 1. The highest BCUT2D eigenvalue weighted by molar-refractivity contribution is 5.87. The normalized spacial score (nSPS) is 30.4. The Bertz CT molecular complexity index is 730. The fraction of sp³-hybridized carbons (Fsp3) is 0.412. The fourth-order valence-corrected chi connectivity index (χ4v) is 3.49. The SMILES string of the molecule is C[C@@H](NC(=O)[C@@H]1[C@@H](C(=O)O)[C@H]2C=C[C@@H]1O2)c1ccc2c(c1)OCO2. The molecular formula is C17H17NO6. The van der Waals surface area contributed by atoms with E-state index in [4.69, 9.17) is 14.2 Å². The lowest BCUT2D eigenvalue weighted by molar-refractivity contribution is -0.146. The maximum absolute atomic E-state index is 12.6. The van der Waals surface area contributed by atoms with Gasteiger partial charge in [-0.2, -0.15) is 0 Å². The van der Waals surface area contributed by atoms with Gasteiger partial charge >= 0.3 is 5.97 Å². The molecule has 3 heterocycles. The van der Waals surface area contributed by atoms with E-state index in [2.05, 4.69) is 5.32 Å². The smallest absolute Gasteiger partial charge is 0.310 e. The minimum atomic E-state index is -1.01. The number of nitrogens with one attached hydrogen (secondary N) is 1. The predicted octanol–water partition coefficient (Wildman–Crippen LogP) is 1.25. The van der Waals surface area contributed by atoms with Crippen LogP contribution in [0.1, 0.15) is 18.5 Å². The topological polar surface area (TPSA) is 94.1 Å². The number of carbonyl (C=O) groups excluding carboxylic acids is 1. The third-order valence-electron chi connectivity index (χ3n) is 4.74. The van der Waals surface area contributed by atoms with Gasteiger partial charge in [0.1, 0.15) is 5.92 Å². The molecule has 3 aliphatic rings. The highest BCUT2D eigenvalue weighted by Gasteiger charge is 2.53. The number of aliphatic carboxylic acids is 1. The number of ether oxygens (including phenoxy) is 3. The van der Waals surface area contributed by atoms with Crippen LogP contribution in [0.3, 0.4) is 0 Å². The van der Waals surface area contributed by atoms with E-state index in [9.17, 15) is 14.7 Å². The lowest BCUT2D eigenvalue weighted by atomic mass is 9.82. The van der Waals surface area contributed by atoms with Crippen molar-refractivity contribution in [3.8, 4) is 11.5 Å². The van der Waals surface area contributed by atoms with Crippen LogP contribution in [0.2, 0.25) is 0 Å². The first-order chi connectivity index (χ1) is 11.5. The number of hydrogen-bond acceptors (Lipinski definition) is 5. The number of fused-ring (bicyclic) bond motifs is 3. The van der Waals surface area contributed by atoms with Gasteiger partial charge in [-0.05, 0) is 24.6 Å². The first kappa shape index (κ1) is 15.0. The third kappa shape index (κ3) is 2.32. The van der Waals surface area contributed by atoms with Gasteiger partial charge in [-0.25, -0.2) is 0 Å². The summed E-state index contributed by atoms with van der Waals surface area (Å²) in [6, 6.07) is 5.18. The second-order valence-electron chi connectivity index (χ2n) is 6.18. The number of carboxylic acid groups (broad SMARTS) is 1. The average molecular weight is 331 g/mol. The van der Waals surface area contributed by atoms with E-state index in [0.717, 1.165) is 5.56 Å². The molecule has 0 spiro atoms. The van der Waals surface area contributed by atoms with E-state index in [1.165, 1.54) is 0 Å². The zero-order chi connectivity index (χ0) is 16.8. The van der Waals surface area contributed by atoms with Gasteiger partial charge in [0.2, 0.25) is 12.7 Å². The van der Waals surface area contributed by atoms with Crippen LogP contribution in [0.4, 0.5) is 0 Å². The van der Waals surface area contributed by atoms with Crippen molar-refractivity contribution in [2.24, 2.45) is 11.8 Å². The van der Waals surface area contributed by atoms with Gasteiger partial charge in [-0.1, -0.05) is 18.2 Å². The van der Waals surface area contributed by atoms with E-state index in [0.29, 0.717) is 11.5 Å². The van der Waals surface area contributed by atoms with Crippen LogP contribution in [-0.2, 0) is 14.3 Å². The van der Waals surface area contributed by atoms with Gasteiger partial charge in [0.05, 0.1) is 24.2 Å². The molecule has 1 saturated heterocycles. The molecule has 126 valence electrons. The van der Waals surface area contributed by atoms with Gasteiger partial charge in [0.15, 0.2) is 11.5 Å². The second kappa shape index (κ2) is 5.52. The third-order valence-corrected chi connectivity index (χ3v) is 4.74. The number of carboxylic acids is 1. The van der Waals surface area contributed by atoms with Crippen LogP contribution in [0, 0.1) is 11.8 Å². The molecule has 4 rings (SSSR count). The summed E-state index contributed by atoms with van der Waals surface area (Å²) in [5, 5.41) is 12.3. The fourth-order valence-electron chi connectivity index (χ4n) is 3.49. The van der Waals surface area contributed by atoms with Crippen molar-refractivity contribution in [1.82, 2.24) is 5.32 Å². The van der Waals surface area contributed by atoms with E-state index in [1.807, 2.05) is 19.1 Å². The summed E-state index contributed by atoms with van der Waals surface area (Å²) in [6.45, 7) is 2.03. The Kier molecular flexibility index (Phi) is 3.45. The first-order valence-corrected chi connectivity index (χ1v) is 7.81. The summed E-state index contributed by atoms with van der Waals surface area (Å²) in [5.41, 5.74) is 0.860. The summed E-state index contributed by atoms with van der Waals surface area (Å²) in [4.78, 5) is 24.1. The summed E-state index contributed by atoms with van der Waals surface area (Å²) < 4.78 is 16.1. The Labute approximate surface area is 138 Å². The molecule has 1 amide bonds. The van der Waals surface area contributed by atoms with Crippen molar-refractivity contribution in [3.05, 3.63) is 35.9 Å². The molecule has 1 fully saturated rings. The maximum atomic E-state index is 12.6. The van der Waals surface area contributed by atoms with Crippen molar-refractivity contribution in [2.75, 3.05) is 6.79 Å². The minimum Gasteiger partial charge on any atom is -0.481 e. The van der Waals surface area contributed by atoms with E-state index in [1.54, 1.807) is 18.2 Å². The lowest BCUT2D eigenvalue weighted by Crippen LogP contribution is -2.43. The van der Waals surface area contributed by atoms with Gasteiger partial charge < -0.3 is 24.6 Å². The van der Waals surface area contributed by atoms with Crippen molar-refractivity contribution in [2.45, 2.75) is 25.2 Å². The number of hydrogen-bond donors (Lipinski definition) is 2. The Balaban J connectivity index is 1.49. The van der Waals surface area contributed by atoms with Crippen LogP contribution in [0.25, 0.3) is 0 Å². The molecule has 0 aromatic heterocycles. The van der Waals surface area contributed by atoms with Crippen LogP contribution < -0.4 is 14.8 Å². The van der Waals surface area contributed by atoms with Crippen LogP contribution >= 0.6 is 0 Å². The number of carbonyl (C=O) groups is 2. The average Bonchev–Trinajstić information content (AvgIpc) is 3.28. The molecule has 24 heavy (non-hydrogen) atoms. The molecule has 0 unspecified atom stereocenters. The molecule has 1 aromatic carbocycles. The molecule has 0 aliphatic carbocycles. The van der Waals surface area contributed by atoms with Gasteiger partial charge in [-0.15, -0.1) is 0 Å². The van der Waals surface area contributed by atoms with Crippen molar-refractivity contribution in [3.63, 3.8) is 0 Å². The molecule has 7 nitrogen and oxygen atoms in total. The summed E-state index contributed by atoms with van der Waals surface area (Å²) in [6.07, 6.45) is 2.48. The predicted molar refractivity (Wildman–Crippen MR) is 81.5 cm³/mol. The van der Waals surface area contributed by atoms with Crippen molar-refractivity contribution >= 4 is 11.9 Å².